The highest BCUT2D eigenvalue weighted by atomic mass is 15.3. The van der Waals surface area contributed by atoms with Gasteiger partial charge in [0.15, 0.2) is 0 Å². The van der Waals surface area contributed by atoms with Crippen LogP contribution in [0.4, 0.5) is 0 Å². The van der Waals surface area contributed by atoms with Gasteiger partial charge in [0.05, 0.1) is 6.54 Å². The molecule has 4 N–H and O–H groups in total. The van der Waals surface area contributed by atoms with Crippen LogP contribution < -0.4 is 16.6 Å². The van der Waals surface area contributed by atoms with Gasteiger partial charge in [-0.2, -0.15) is 0 Å². The van der Waals surface area contributed by atoms with Crippen LogP contribution in [0.15, 0.2) is 23.3 Å². The minimum absolute atomic E-state index is 0.551. The summed E-state index contributed by atoms with van der Waals surface area (Å²) in [6.45, 7) is 7.63. The van der Waals surface area contributed by atoms with Crippen molar-refractivity contribution in [2.45, 2.75) is 27.3 Å². The smallest absolute Gasteiger partial charge is 0.206 e. The van der Waals surface area contributed by atoms with Crippen LogP contribution in [0.25, 0.3) is 0 Å². The summed E-state index contributed by atoms with van der Waals surface area (Å²) in [5, 5.41) is 3.14. The molecule has 94 valence electrons. The van der Waals surface area contributed by atoms with Gasteiger partial charge in [0, 0.05) is 18.4 Å². The second-order valence-electron chi connectivity index (χ2n) is 4.39. The first-order valence-corrected chi connectivity index (χ1v) is 5.78. The Morgan fingerprint density at radius 3 is 2.76 bits per heavy atom. The fourth-order valence-corrected chi connectivity index (χ4v) is 1.22. The minimum Gasteiger partial charge on any atom is -0.355 e. The highest BCUT2D eigenvalue weighted by molar-refractivity contribution is 5.79. The van der Waals surface area contributed by atoms with Crippen LogP contribution in [-0.2, 0) is 6.54 Å². The van der Waals surface area contributed by atoms with Crippen molar-refractivity contribution in [3.8, 4) is 0 Å². The Bertz CT molecular complexity index is 356. The van der Waals surface area contributed by atoms with E-state index in [1.54, 1.807) is 0 Å². The molecule has 0 atom stereocenters. The molecular formula is C12H21N5. The van der Waals surface area contributed by atoms with E-state index in [1.165, 1.54) is 0 Å². The summed E-state index contributed by atoms with van der Waals surface area (Å²) in [5.41, 5.74) is 4.63. The molecule has 0 amide bonds. The van der Waals surface area contributed by atoms with Gasteiger partial charge in [-0.15, -0.1) is 0 Å². The van der Waals surface area contributed by atoms with Crippen molar-refractivity contribution >= 4 is 5.96 Å². The third-order valence-electron chi connectivity index (χ3n) is 2.21. The maximum atomic E-state index is 5.39. The van der Waals surface area contributed by atoms with E-state index in [0.29, 0.717) is 18.4 Å². The minimum atomic E-state index is 0.551. The lowest BCUT2D eigenvalue weighted by Crippen LogP contribution is -2.42. The van der Waals surface area contributed by atoms with Crippen molar-refractivity contribution in [2.75, 3.05) is 6.54 Å². The van der Waals surface area contributed by atoms with Gasteiger partial charge >= 0.3 is 0 Å². The zero-order valence-corrected chi connectivity index (χ0v) is 10.7. The van der Waals surface area contributed by atoms with Crippen molar-refractivity contribution in [3.63, 3.8) is 0 Å². The second kappa shape index (κ2) is 6.85. The van der Waals surface area contributed by atoms with Crippen LogP contribution in [0.3, 0.4) is 0 Å². The van der Waals surface area contributed by atoms with Crippen molar-refractivity contribution in [1.29, 1.82) is 0 Å². The first-order chi connectivity index (χ1) is 8.11. The summed E-state index contributed by atoms with van der Waals surface area (Å²) in [4.78, 5) is 8.56. The average molecular weight is 235 g/mol. The summed E-state index contributed by atoms with van der Waals surface area (Å²) in [7, 11) is 0. The molecule has 1 aromatic rings. The fourth-order valence-electron chi connectivity index (χ4n) is 1.22. The van der Waals surface area contributed by atoms with E-state index in [-0.39, 0.29) is 0 Å². The standard InChI is InChI=1S/C12H21N5/c1-9(2)6-15-12(17-13)16-8-11-5-4-10(3)14-7-11/h4-5,7,9H,6,8,13H2,1-3H3,(H2,15,16,17). The van der Waals surface area contributed by atoms with E-state index in [1.807, 2.05) is 25.3 Å². The van der Waals surface area contributed by atoms with Crippen molar-refractivity contribution in [2.24, 2.45) is 16.8 Å². The third-order valence-corrected chi connectivity index (χ3v) is 2.21. The van der Waals surface area contributed by atoms with Crippen LogP contribution in [0, 0.1) is 12.8 Å². The molecule has 0 fully saturated rings. The van der Waals surface area contributed by atoms with Gasteiger partial charge in [-0.05, 0) is 24.5 Å². The monoisotopic (exact) mass is 235 g/mol. The highest BCUT2D eigenvalue weighted by Crippen LogP contribution is 2.00. The van der Waals surface area contributed by atoms with Crippen molar-refractivity contribution < 1.29 is 0 Å². The normalized spacial score (nSPS) is 11.7. The second-order valence-corrected chi connectivity index (χ2v) is 4.39. The zero-order chi connectivity index (χ0) is 12.7. The van der Waals surface area contributed by atoms with Crippen LogP contribution in [0.5, 0.6) is 0 Å². The lowest BCUT2D eigenvalue weighted by atomic mass is 10.2. The Hall–Kier alpha value is -1.62. The molecule has 0 aromatic carbocycles. The highest BCUT2D eigenvalue weighted by Gasteiger charge is 1.98. The fraction of sp³-hybridized carbons (Fsp3) is 0.500. The number of rotatable bonds is 4. The molecule has 0 bridgehead atoms. The van der Waals surface area contributed by atoms with Gasteiger partial charge in [0.25, 0.3) is 0 Å². The number of pyridine rings is 1. The van der Waals surface area contributed by atoms with Gasteiger partial charge in [-0.25, -0.2) is 10.8 Å². The maximum Gasteiger partial charge on any atom is 0.206 e. The summed E-state index contributed by atoms with van der Waals surface area (Å²) >= 11 is 0. The third kappa shape index (κ3) is 5.31. The van der Waals surface area contributed by atoms with Gasteiger partial charge in [0.1, 0.15) is 0 Å². The van der Waals surface area contributed by atoms with Crippen LogP contribution in [-0.4, -0.2) is 17.5 Å². The molecule has 0 aliphatic heterocycles. The summed E-state index contributed by atoms with van der Waals surface area (Å²) in [5.74, 6) is 6.55. The number of aromatic nitrogens is 1. The molecule has 0 aliphatic carbocycles. The molecule has 0 saturated heterocycles. The van der Waals surface area contributed by atoms with Crippen LogP contribution in [0.1, 0.15) is 25.1 Å². The molecule has 0 unspecified atom stereocenters. The Labute approximate surface area is 103 Å². The van der Waals surface area contributed by atoms with E-state index in [9.17, 15) is 0 Å². The quantitative estimate of drug-likeness (QED) is 0.314. The number of hydrogen-bond donors (Lipinski definition) is 3. The SMILES string of the molecule is Cc1ccc(CN=C(NN)NCC(C)C)cn1. The molecule has 5 heteroatoms. The predicted octanol–water partition coefficient (Wildman–Crippen LogP) is 0.955. The number of aryl methyl sites for hydroxylation is 1. The number of hydrogen-bond acceptors (Lipinski definition) is 3. The van der Waals surface area contributed by atoms with Gasteiger partial charge in [-0.1, -0.05) is 19.9 Å². The first kappa shape index (κ1) is 13.4. The maximum absolute atomic E-state index is 5.39. The van der Waals surface area contributed by atoms with Crippen molar-refractivity contribution in [3.05, 3.63) is 29.6 Å². The number of nitrogens with one attached hydrogen (secondary N) is 2. The van der Waals surface area contributed by atoms with E-state index < -0.39 is 0 Å². The molecule has 5 nitrogen and oxygen atoms in total. The van der Waals surface area contributed by atoms with Crippen LogP contribution >= 0.6 is 0 Å². The Morgan fingerprint density at radius 1 is 1.47 bits per heavy atom. The molecule has 1 heterocycles. The predicted molar refractivity (Wildman–Crippen MR) is 70.3 cm³/mol. The molecule has 1 rings (SSSR count). The molecule has 17 heavy (non-hydrogen) atoms. The molecule has 0 aliphatic rings. The number of guanidine groups is 1. The Balaban J connectivity index is 2.51. The van der Waals surface area contributed by atoms with E-state index in [4.69, 9.17) is 5.84 Å². The zero-order valence-electron chi connectivity index (χ0n) is 10.7. The molecule has 0 spiro atoms. The summed E-state index contributed by atoms with van der Waals surface area (Å²) in [6, 6.07) is 3.99. The number of nitrogens with zero attached hydrogens (tertiary/aromatic N) is 2. The average Bonchev–Trinajstić information content (AvgIpc) is 2.31. The lowest BCUT2D eigenvalue weighted by molar-refractivity contribution is 0.615. The topological polar surface area (TPSA) is 75.3 Å². The largest absolute Gasteiger partial charge is 0.355 e. The number of hydrazine groups is 1. The molecule has 0 saturated carbocycles. The van der Waals surface area contributed by atoms with Gasteiger partial charge in [0.2, 0.25) is 5.96 Å². The van der Waals surface area contributed by atoms with Gasteiger partial charge in [-0.3, -0.25) is 10.4 Å². The number of nitrogens with two attached hydrogens (primary N) is 1. The van der Waals surface area contributed by atoms with Crippen molar-refractivity contribution in [1.82, 2.24) is 15.7 Å². The molecule has 0 radical (unpaired) electrons. The summed E-state index contributed by atoms with van der Waals surface area (Å²) in [6.07, 6.45) is 1.83. The summed E-state index contributed by atoms with van der Waals surface area (Å²) < 4.78 is 0. The molecular weight excluding hydrogens is 214 g/mol. The van der Waals surface area contributed by atoms with E-state index in [2.05, 4.69) is 34.6 Å². The first-order valence-electron chi connectivity index (χ1n) is 5.78. The lowest BCUT2D eigenvalue weighted by Gasteiger charge is -2.10. The van der Waals surface area contributed by atoms with E-state index >= 15 is 0 Å². The Morgan fingerprint density at radius 2 is 2.24 bits per heavy atom. The molecule has 1 aromatic heterocycles. The van der Waals surface area contributed by atoms with E-state index in [0.717, 1.165) is 17.8 Å². The van der Waals surface area contributed by atoms with Crippen LogP contribution in [0.2, 0.25) is 0 Å². The van der Waals surface area contributed by atoms with Gasteiger partial charge < -0.3 is 5.32 Å². The number of aliphatic imine (C=N–C) groups is 1. The Kier molecular flexibility index (Phi) is 5.42.